The zero-order valence-corrected chi connectivity index (χ0v) is 19.5. The second-order valence-corrected chi connectivity index (χ2v) is 9.01. The van der Waals surface area contributed by atoms with Crippen LogP contribution in [0.5, 0.6) is 0 Å². The average Bonchev–Trinajstić information content (AvgIpc) is 3.28. The lowest BCUT2D eigenvalue weighted by Gasteiger charge is -2.07. The summed E-state index contributed by atoms with van der Waals surface area (Å²) in [5.74, 6) is 1.84. The highest BCUT2D eigenvalue weighted by molar-refractivity contribution is 6.31. The largest absolute Gasteiger partial charge is 0.350 e. The van der Waals surface area contributed by atoms with Crippen molar-refractivity contribution >= 4 is 28.4 Å². The molecule has 8 heteroatoms. The first-order chi connectivity index (χ1) is 16.1. The molecule has 170 valence electrons. The van der Waals surface area contributed by atoms with Crippen LogP contribution in [0, 0.1) is 6.92 Å². The van der Waals surface area contributed by atoms with Crippen LogP contribution in [0.2, 0.25) is 5.02 Å². The highest BCUT2D eigenvalue weighted by Crippen LogP contribution is 2.22. The lowest BCUT2D eigenvalue weighted by Crippen LogP contribution is -2.27. The number of hydrogen-bond acceptors (Lipinski definition) is 4. The molecule has 0 saturated heterocycles. The van der Waals surface area contributed by atoms with Gasteiger partial charge in [-0.15, -0.1) is 10.2 Å². The van der Waals surface area contributed by atoms with Gasteiger partial charge >= 0.3 is 0 Å². The van der Waals surface area contributed by atoms with Gasteiger partial charge in [0.25, 0.3) is 5.91 Å². The number of aryl methyl sites for hydroxylation is 2. The number of amides is 1. The van der Waals surface area contributed by atoms with Crippen molar-refractivity contribution < 1.29 is 4.79 Å². The summed E-state index contributed by atoms with van der Waals surface area (Å²) in [4.78, 5) is 13.0. The fourth-order valence-electron chi connectivity index (χ4n) is 4.50. The zero-order chi connectivity index (χ0) is 22.8. The third-order valence-electron chi connectivity index (χ3n) is 6.25. The summed E-state index contributed by atoms with van der Waals surface area (Å²) in [5, 5.41) is 18.0. The molecule has 3 heterocycles. The van der Waals surface area contributed by atoms with Gasteiger partial charge in [0.05, 0.1) is 12.1 Å². The molecule has 0 aliphatic carbocycles. The summed E-state index contributed by atoms with van der Waals surface area (Å²) < 4.78 is 4.10. The van der Waals surface area contributed by atoms with Crippen LogP contribution in [0.15, 0.2) is 42.5 Å². The number of carbonyl (C=O) groups excluding carboxylic acids is 1. The van der Waals surface area contributed by atoms with Gasteiger partial charge in [-0.2, -0.15) is 5.10 Å². The number of hydrogen-bond donors (Lipinski definition) is 1. The van der Waals surface area contributed by atoms with Crippen LogP contribution in [0.1, 0.15) is 52.5 Å². The maximum Gasteiger partial charge on any atom is 0.272 e. The summed E-state index contributed by atoms with van der Waals surface area (Å²) >= 11 is 6.17. The van der Waals surface area contributed by atoms with E-state index in [4.69, 9.17) is 11.6 Å². The lowest BCUT2D eigenvalue weighted by molar-refractivity contribution is 0.0949. The number of benzene rings is 2. The molecule has 33 heavy (non-hydrogen) atoms. The van der Waals surface area contributed by atoms with Crippen molar-refractivity contribution in [1.29, 1.82) is 0 Å². The molecule has 2 aromatic heterocycles. The van der Waals surface area contributed by atoms with Crippen molar-refractivity contribution in [1.82, 2.24) is 29.9 Å². The first-order valence-corrected chi connectivity index (χ1v) is 11.9. The summed E-state index contributed by atoms with van der Waals surface area (Å²) in [7, 11) is 0. The van der Waals surface area contributed by atoms with E-state index in [-0.39, 0.29) is 5.91 Å². The lowest BCUT2D eigenvalue weighted by atomic mass is 10.1. The van der Waals surface area contributed by atoms with Crippen molar-refractivity contribution in [2.45, 2.75) is 52.1 Å². The Kier molecular flexibility index (Phi) is 6.13. The zero-order valence-electron chi connectivity index (χ0n) is 18.7. The minimum atomic E-state index is -0.173. The summed E-state index contributed by atoms with van der Waals surface area (Å²) in [5.41, 5.74) is 3.48. The van der Waals surface area contributed by atoms with Crippen LogP contribution in [0.25, 0.3) is 10.9 Å². The Bertz CT molecular complexity index is 1310. The van der Waals surface area contributed by atoms with Gasteiger partial charge in [0.1, 0.15) is 11.6 Å². The standard InChI is InChI=1S/C25H27ClN6O/c1-17-15-18(10-11-20(17)26)16-32-21-8-5-4-7-19(21)24(30-32)25(33)27-13-12-23-29-28-22-9-3-2-6-14-31(22)23/h4-5,7-8,10-11,15H,2-3,6,9,12-14,16H2,1H3,(H,27,33). The Morgan fingerprint density at radius 1 is 1.12 bits per heavy atom. The minimum Gasteiger partial charge on any atom is -0.350 e. The van der Waals surface area contributed by atoms with Crippen LogP contribution in [0.4, 0.5) is 0 Å². The topological polar surface area (TPSA) is 77.6 Å². The van der Waals surface area contributed by atoms with E-state index >= 15 is 0 Å². The average molecular weight is 463 g/mol. The van der Waals surface area contributed by atoms with Crippen molar-refractivity contribution in [3.8, 4) is 0 Å². The molecular weight excluding hydrogens is 436 g/mol. The normalized spacial score (nSPS) is 13.6. The monoisotopic (exact) mass is 462 g/mol. The Balaban J connectivity index is 1.31. The van der Waals surface area contributed by atoms with E-state index in [1.54, 1.807) is 0 Å². The van der Waals surface area contributed by atoms with E-state index in [2.05, 4.69) is 31.2 Å². The smallest absolute Gasteiger partial charge is 0.272 e. The molecular formula is C25H27ClN6O. The van der Waals surface area contributed by atoms with Crippen molar-refractivity contribution in [2.75, 3.05) is 6.54 Å². The number of nitrogens with one attached hydrogen (secondary N) is 1. The molecule has 0 unspecified atom stereocenters. The second-order valence-electron chi connectivity index (χ2n) is 8.61. The van der Waals surface area contributed by atoms with Gasteiger partial charge in [-0.3, -0.25) is 9.48 Å². The van der Waals surface area contributed by atoms with Crippen molar-refractivity contribution in [3.63, 3.8) is 0 Å². The highest BCUT2D eigenvalue weighted by Gasteiger charge is 2.18. The number of aromatic nitrogens is 5. The van der Waals surface area contributed by atoms with Crippen LogP contribution < -0.4 is 5.32 Å². The van der Waals surface area contributed by atoms with Gasteiger partial charge in [-0.25, -0.2) is 0 Å². The van der Waals surface area contributed by atoms with Crippen molar-refractivity contribution in [3.05, 3.63) is 76.0 Å². The number of fused-ring (bicyclic) bond motifs is 2. The molecule has 0 saturated carbocycles. The number of para-hydroxylation sites is 1. The van der Waals surface area contributed by atoms with Crippen LogP contribution in [-0.2, 0) is 25.9 Å². The molecule has 0 atom stereocenters. The molecule has 1 N–H and O–H groups in total. The van der Waals surface area contributed by atoms with E-state index < -0.39 is 0 Å². The number of halogens is 1. The van der Waals surface area contributed by atoms with E-state index in [1.807, 2.05) is 48.0 Å². The molecule has 1 aliphatic rings. The third kappa shape index (κ3) is 4.50. The van der Waals surface area contributed by atoms with Gasteiger partial charge in [-0.1, -0.05) is 48.4 Å². The third-order valence-corrected chi connectivity index (χ3v) is 6.67. The van der Waals surface area contributed by atoms with Gasteiger partial charge in [0.2, 0.25) is 0 Å². The molecule has 5 rings (SSSR count). The fourth-order valence-corrected chi connectivity index (χ4v) is 4.61. The molecule has 2 aromatic carbocycles. The molecule has 7 nitrogen and oxygen atoms in total. The first-order valence-electron chi connectivity index (χ1n) is 11.5. The minimum absolute atomic E-state index is 0.173. The molecule has 0 spiro atoms. The van der Waals surface area contributed by atoms with Crippen LogP contribution in [0.3, 0.4) is 0 Å². The SMILES string of the molecule is Cc1cc(Cn2nc(C(=O)NCCc3nnc4n3CCCCC4)c3ccccc32)ccc1Cl. The second kappa shape index (κ2) is 9.35. The summed E-state index contributed by atoms with van der Waals surface area (Å²) in [6.45, 7) is 4.01. The van der Waals surface area contributed by atoms with E-state index in [0.29, 0.717) is 25.2 Å². The summed E-state index contributed by atoms with van der Waals surface area (Å²) in [6, 6.07) is 13.8. The van der Waals surface area contributed by atoms with E-state index in [0.717, 1.165) is 58.1 Å². The molecule has 1 amide bonds. The van der Waals surface area contributed by atoms with Crippen LogP contribution in [-0.4, -0.2) is 37.0 Å². The summed E-state index contributed by atoms with van der Waals surface area (Å²) in [6.07, 6.45) is 5.18. The predicted molar refractivity (Wildman–Crippen MR) is 129 cm³/mol. The Morgan fingerprint density at radius 2 is 2.00 bits per heavy atom. The van der Waals surface area contributed by atoms with Gasteiger partial charge < -0.3 is 9.88 Å². The Morgan fingerprint density at radius 3 is 2.88 bits per heavy atom. The molecule has 4 aromatic rings. The molecule has 1 aliphatic heterocycles. The first kappa shape index (κ1) is 21.6. The van der Waals surface area contributed by atoms with Gasteiger partial charge in [0, 0.05) is 36.3 Å². The Labute approximate surface area is 197 Å². The fraction of sp³-hybridized carbons (Fsp3) is 0.360. The molecule has 0 fully saturated rings. The molecule has 0 bridgehead atoms. The predicted octanol–water partition coefficient (Wildman–Crippen LogP) is 4.34. The van der Waals surface area contributed by atoms with Gasteiger partial charge in [0.15, 0.2) is 5.69 Å². The molecule has 0 radical (unpaired) electrons. The van der Waals surface area contributed by atoms with Gasteiger partial charge in [-0.05, 0) is 43.0 Å². The number of nitrogens with zero attached hydrogens (tertiary/aromatic N) is 5. The van der Waals surface area contributed by atoms with E-state index in [1.165, 1.54) is 12.8 Å². The maximum absolute atomic E-state index is 13.0. The number of carbonyl (C=O) groups is 1. The maximum atomic E-state index is 13.0. The number of rotatable bonds is 6. The Hall–Kier alpha value is -3.19. The van der Waals surface area contributed by atoms with Crippen LogP contribution >= 0.6 is 11.6 Å². The van der Waals surface area contributed by atoms with Crippen molar-refractivity contribution in [2.24, 2.45) is 0 Å². The highest BCUT2D eigenvalue weighted by atomic mass is 35.5. The van der Waals surface area contributed by atoms with E-state index in [9.17, 15) is 4.79 Å². The quantitative estimate of drug-likeness (QED) is 0.462.